The summed E-state index contributed by atoms with van der Waals surface area (Å²) in [5.74, 6) is -1.03. The van der Waals surface area contributed by atoms with Gasteiger partial charge in [0.25, 0.3) is 0 Å². The second-order valence-corrected chi connectivity index (χ2v) is 6.78. The molecule has 2 N–H and O–H groups in total. The predicted molar refractivity (Wildman–Crippen MR) is 79.2 cm³/mol. The van der Waals surface area contributed by atoms with Gasteiger partial charge in [-0.15, -0.1) is 0 Å². The Kier molecular flexibility index (Phi) is 5.22. The van der Waals surface area contributed by atoms with Crippen molar-refractivity contribution in [3.8, 4) is 0 Å². The highest BCUT2D eigenvalue weighted by molar-refractivity contribution is 5.85. The van der Waals surface area contributed by atoms with Crippen molar-refractivity contribution >= 4 is 12.0 Å². The first-order valence-electron chi connectivity index (χ1n) is 7.16. The molecular weight excluding hydrogens is 274 g/mol. The molecule has 0 radical (unpaired) electrons. The molecule has 7 nitrogen and oxygen atoms in total. The van der Waals surface area contributed by atoms with Crippen LogP contribution >= 0.6 is 0 Å². The minimum atomic E-state index is -1.23. The third kappa shape index (κ3) is 4.57. The number of rotatable bonds is 4. The minimum Gasteiger partial charge on any atom is -0.480 e. The lowest BCUT2D eigenvalue weighted by molar-refractivity contribution is -0.147. The maximum absolute atomic E-state index is 12.4. The Morgan fingerprint density at radius 3 is 1.95 bits per heavy atom. The van der Waals surface area contributed by atoms with Crippen LogP contribution in [0.4, 0.5) is 4.79 Å². The number of piperazine rings is 1. The van der Waals surface area contributed by atoms with Gasteiger partial charge in [0.15, 0.2) is 0 Å². The van der Waals surface area contributed by atoms with E-state index in [1.165, 1.54) is 25.8 Å². The smallest absolute Gasteiger partial charge is 0.329 e. The summed E-state index contributed by atoms with van der Waals surface area (Å²) in [6, 6.07) is -0.273. The Hall–Kier alpha value is -1.34. The van der Waals surface area contributed by atoms with Gasteiger partial charge in [-0.1, -0.05) is 0 Å². The first-order valence-corrected chi connectivity index (χ1v) is 7.16. The highest BCUT2D eigenvalue weighted by Gasteiger charge is 2.38. The first-order chi connectivity index (χ1) is 9.45. The molecule has 2 amide bonds. The second kappa shape index (κ2) is 6.19. The lowest BCUT2D eigenvalue weighted by atomic mass is 10.0. The van der Waals surface area contributed by atoms with Crippen molar-refractivity contribution in [1.82, 2.24) is 14.7 Å². The zero-order valence-corrected chi connectivity index (χ0v) is 13.6. The molecule has 1 saturated heterocycles. The highest BCUT2D eigenvalue weighted by Crippen LogP contribution is 2.16. The SMILES string of the molecule is CN(C(=O)N1CCN(CC(C)(C)O)CC1)C(C)(C)C(=O)O. The molecule has 0 aromatic rings. The van der Waals surface area contributed by atoms with Crippen LogP contribution in [0, 0.1) is 0 Å². The number of nitrogens with zero attached hydrogens (tertiary/aromatic N) is 3. The fourth-order valence-corrected chi connectivity index (χ4v) is 2.24. The lowest BCUT2D eigenvalue weighted by Gasteiger charge is -2.41. The average molecular weight is 301 g/mol. The number of urea groups is 1. The Labute approximate surface area is 126 Å². The summed E-state index contributed by atoms with van der Waals surface area (Å²) in [5.41, 5.74) is -1.99. The molecule has 1 aliphatic heterocycles. The Morgan fingerprint density at radius 2 is 1.57 bits per heavy atom. The van der Waals surface area contributed by atoms with Gasteiger partial charge < -0.3 is 20.0 Å². The van der Waals surface area contributed by atoms with Crippen LogP contribution in [0.15, 0.2) is 0 Å². The van der Waals surface area contributed by atoms with E-state index in [1.807, 2.05) is 0 Å². The Balaban J connectivity index is 2.58. The average Bonchev–Trinajstić information content (AvgIpc) is 2.35. The van der Waals surface area contributed by atoms with Crippen LogP contribution in [-0.4, -0.2) is 87.8 Å². The van der Waals surface area contributed by atoms with Gasteiger partial charge in [-0.3, -0.25) is 4.90 Å². The van der Waals surface area contributed by atoms with Crippen molar-refractivity contribution in [2.75, 3.05) is 39.8 Å². The molecule has 1 aliphatic rings. The molecule has 0 saturated carbocycles. The quantitative estimate of drug-likeness (QED) is 0.780. The number of aliphatic carboxylic acids is 1. The molecule has 1 heterocycles. The number of amides is 2. The molecule has 0 aromatic carbocycles. The fraction of sp³-hybridized carbons (Fsp3) is 0.857. The molecule has 1 fully saturated rings. The van der Waals surface area contributed by atoms with E-state index >= 15 is 0 Å². The Bertz CT molecular complexity index is 396. The molecule has 0 unspecified atom stereocenters. The fourth-order valence-electron chi connectivity index (χ4n) is 2.24. The van der Waals surface area contributed by atoms with Gasteiger partial charge >= 0.3 is 12.0 Å². The summed E-state index contributed by atoms with van der Waals surface area (Å²) in [5, 5.41) is 19.0. The van der Waals surface area contributed by atoms with E-state index in [4.69, 9.17) is 0 Å². The van der Waals surface area contributed by atoms with Crippen molar-refractivity contribution in [1.29, 1.82) is 0 Å². The van der Waals surface area contributed by atoms with E-state index < -0.39 is 17.1 Å². The number of carbonyl (C=O) groups excluding carboxylic acids is 1. The first kappa shape index (κ1) is 17.7. The Morgan fingerprint density at radius 1 is 1.10 bits per heavy atom. The number of β-amino-alcohol motifs (C(OH)–C–C–N with tert-alkyl or cyclic N) is 1. The second-order valence-electron chi connectivity index (χ2n) is 6.78. The zero-order valence-electron chi connectivity index (χ0n) is 13.6. The number of likely N-dealkylation sites (N-methyl/N-ethyl adjacent to an activating group) is 1. The highest BCUT2D eigenvalue weighted by atomic mass is 16.4. The number of aliphatic hydroxyl groups is 1. The summed E-state index contributed by atoms with van der Waals surface area (Å²) < 4.78 is 0. The lowest BCUT2D eigenvalue weighted by Crippen LogP contribution is -2.59. The summed E-state index contributed by atoms with van der Waals surface area (Å²) in [7, 11) is 1.51. The zero-order chi connectivity index (χ0) is 16.4. The van der Waals surface area contributed by atoms with Crippen molar-refractivity contribution in [2.24, 2.45) is 0 Å². The van der Waals surface area contributed by atoms with Crippen LogP contribution in [0.25, 0.3) is 0 Å². The molecule has 21 heavy (non-hydrogen) atoms. The van der Waals surface area contributed by atoms with E-state index in [9.17, 15) is 19.8 Å². The minimum absolute atomic E-state index is 0.273. The van der Waals surface area contributed by atoms with Crippen molar-refractivity contribution in [2.45, 2.75) is 38.8 Å². The maximum Gasteiger partial charge on any atom is 0.329 e. The summed E-state index contributed by atoms with van der Waals surface area (Å²) >= 11 is 0. The molecule has 0 atom stereocenters. The van der Waals surface area contributed by atoms with Gasteiger partial charge in [-0.25, -0.2) is 9.59 Å². The molecule has 0 spiro atoms. The van der Waals surface area contributed by atoms with E-state index in [0.717, 1.165) is 0 Å². The molecule has 122 valence electrons. The van der Waals surface area contributed by atoms with Crippen LogP contribution in [0.2, 0.25) is 0 Å². The maximum atomic E-state index is 12.4. The van der Waals surface area contributed by atoms with Crippen LogP contribution in [-0.2, 0) is 4.79 Å². The van der Waals surface area contributed by atoms with Gasteiger partial charge in [-0.2, -0.15) is 0 Å². The number of hydrogen-bond acceptors (Lipinski definition) is 4. The third-order valence-corrected chi connectivity index (χ3v) is 3.90. The van der Waals surface area contributed by atoms with Crippen LogP contribution < -0.4 is 0 Å². The topological polar surface area (TPSA) is 84.3 Å². The standard InChI is InChI=1S/C14H27N3O4/c1-13(2,21)10-16-6-8-17(9-7-16)12(20)15(5)14(3,4)11(18)19/h21H,6-10H2,1-5H3,(H,18,19). The number of carboxylic acid groups (broad SMARTS) is 1. The number of carbonyl (C=O) groups is 2. The van der Waals surface area contributed by atoms with Crippen molar-refractivity contribution in [3.63, 3.8) is 0 Å². The van der Waals surface area contributed by atoms with Gasteiger partial charge in [-0.05, 0) is 27.7 Å². The predicted octanol–water partition coefficient (Wildman–Crippen LogP) is 0.290. The molecular formula is C14H27N3O4. The van der Waals surface area contributed by atoms with E-state index in [0.29, 0.717) is 32.7 Å². The van der Waals surface area contributed by atoms with E-state index in [1.54, 1.807) is 18.7 Å². The van der Waals surface area contributed by atoms with Crippen LogP contribution in [0.1, 0.15) is 27.7 Å². The molecule has 0 aromatic heterocycles. The molecule has 0 bridgehead atoms. The summed E-state index contributed by atoms with van der Waals surface area (Å²) in [4.78, 5) is 28.6. The normalized spacial score (nSPS) is 17.7. The molecule has 0 aliphatic carbocycles. The van der Waals surface area contributed by atoms with Gasteiger partial charge in [0, 0.05) is 39.8 Å². The van der Waals surface area contributed by atoms with Gasteiger partial charge in [0.2, 0.25) is 0 Å². The van der Waals surface area contributed by atoms with Crippen molar-refractivity contribution in [3.05, 3.63) is 0 Å². The van der Waals surface area contributed by atoms with Crippen LogP contribution in [0.3, 0.4) is 0 Å². The third-order valence-electron chi connectivity index (χ3n) is 3.90. The van der Waals surface area contributed by atoms with Crippen LogP contribution in [0.5, 0.6) is 0 Å². The van der Waals surface area contributed by atoms with Gasteiger partial charge in [0.05, 0.1) is 5.60 Å². The van der Waals surface area contributed by atoms with Gasteiger partial charge in [0.1, 0.15) is 5.54 Å². The monoisotopic (exact) mass is 301 g/mol. The van der Waals surface area contributed by atoms with Crippen molar-refractivity contribution < 1.29 is 19.8 Å². The number of carboxylic acids is 1. The summed E-state index contributed by atoms with van der Waals surface area (Å²) in [6.45, 7) is 9.53. The molecule has 7 heteroatoms. The largest absolute Gasteiger partial charge is 0.480 e. The summed E-state index contributed by atoms with van der Waals surface area (Å²) in [6.07, 6.45) is 0. The number of hydrogen-bond donors (Lipinski definition) is 2. The molecule has 1 rings (SSSR count). The van der Waals surface area contributed by atoms with E-state index in [-0.39, 0.29) is 6.03 Å². The van der Waals surface area contributed by atoms with E-state index in [2.05, 4.69) is 4.90 Å².